The van der Waals surface area contributed by atoms with Crippen molar-refractivity contribution >= 4 is 63.0 Å². The molecule has 0 aromatic rings. The van der Waals surface area contributed by atoms with Crippen molar-refractivity contribution in [2.75, 3.05) is 0 Å². The molecule has 0 radical (unpaired) electrons. The van der Waals surface area contributed by atoms with Crippen LogP contribution in [0.1, 0.15) is 0 Å². The first-order valence-electron chi connectivity index (χ1n) is 1.69. The Hall–Kier alpha value is 1.39. The Morgan fingerprint density at radius 2 is 2.25 bits per heavy atom. The molecule has 1 aliphatic heterocycles. The molecule has 0 N–H and O–H groups in total. The van der Waals surface area contributed by atoms with E-state index in [4.69, 9.17) is 11.6 Å². The topological polar surface area (TPSA) is 27.7 Å². The van der Waals surface area contributed by atoms with Crippen molar-refractivity contribution in [3.05, 3.63) is 12.3 Å². The Morgan fingerprint density at radius 3 is 2.50 bits per heavy atom. The number of rotatable bonds is 0. The summed E-state index contributed by atoms with van der Waals surface area (Å²) in [5.41, 5.74) is -0.520. The minimum absolute atomic E-state index is 0. The predicted octanol–water partition coefficient (Wildman–Crippen LogP) is 0.310. The number of halogens is 1. The van der Waals surface area contributed by atoms with Crippen molar-refractivity contribution in [2.24, 2.45) is 0 Å². The van der Waals surface area contributed by atoms with E-state index in [2.05, 4.69) is 14.8 Å². The van der Waals surface area contributed by atoms with Crippen LogP contribution in [0.15, 0.2) is 12.3 Å². The maximum atomic E-state index is 5.30. The first kappa shape index (κ1) is 9.39. The van der Waals surface area contributed by atoms with Gasteiger partial charge in [0.05, 0.1) is 0 Å². The van der Waals surface area contributed by atoms with Gasteiger partial charge in [0.2, 0.25) is 0 Å². The summed E-state index contributed by atoms with van der Waals surface area (Å²) in [6, 6.07) is 0. The Morgan fingerprint density at radius 1 is 1.50 bits per heavy atom. The summed E-state index contributed by atoms with van der Waals surface area (Å²) < 4.78 is 0. The average Bonchev–Trinajstić information content (AvgIpc) is 1.69. The van der Waals surface area contributed by atoms with Gasteiger partial charge in [0.1, 0.15) is 6.26 Å². The third kappa shape index (κ3) is 3.42. The molecule has 0 fully saturated rings. The molecule has 8 heavy (non-hydrogen) atoms. The molecule has 1 atom stereocenters. The molecule has 1 heterocycles. The average molecular weight is 163 g/mol. The van der Waals surface area contributed by atoms with E-state index >= 15 is 0 Å². The van der Waals surface area contributed by atoms with Crippen LogP contribution in [0.5, 0.6) is 0 Å². The van der Waals surface area contributed by atoms with Crippen molar-refractivity contribution in [3.8, 4) is 0 Å². The van der Waals surface area contributed by atoms with Crippen LogP contribution in [0.2, 0.25) is 0 Å². The maximum absolute atomic E-state index is 5.30. The van der Waals surface area contributed by atoms with Gasteiger partial charge < -0.3 is 4.89 Å². The van der Waals surface area contributed by atoms with Gasteiger partial charge in [-0.25, -0.2) is 0 Å². The first-order chi connectivity index (χ1) is 3.39. The van der Waals surface area contributed by atoms with E-state index in [1.807, 2.05) is 0 Å². The van der Waals surface area contributed by atoms with E-state index in [1.54, 1.807) is 0 Å². The van der Waals surface area contributed by atoms with Gasteiger partial charge >= 0.3 is 51.4 Å². The Bertz CT molecular complexity index is 86.6. The van der Waals surface area contributed by atoms with Crippen LogP contribution in [-0.2, 0) is 14.8 Å². The number of hydrogen-bond donors (Lipinski definition) is 0. The van der Waals surface area contributed by atoms with Crippen LogP contribution in [0, 0.1) is 0 Å². The van der Waals surface area contributed by atoms with E-state index in [0.29, 0.717) is 0 Å². The first-order valence-corrected chi connectivity index (χ1v) is 2.13. The van der Waals surface area contributed by atoms with Crippen molar-refractivity contribution in [3.63, 3.8) is 0 Å². The van der Waals surface area contributed by atoms with Crippen LogP contribution >= 0.6 is 11.6 Å². The number of hydrogen-bond acceptors (Lipinski definition) is 3. The van der Waals surface area contributed by atoms with Gasteiger partial charge in [-0.1, -0.05) is 11.6 Å². The van der Waals surface area contributed by atoms with E-state index in [0.717, 1.165) is 0 Å². The Labute approximate surface area is 94.2 Å². The third-order valence-corrected chi connectivity index (χ3v) is 0.674. The van der Waals surface area contributed by atoms with Crippen LogP contribution in [-0.4, -0.2) is 56.9 Å². The molecule has 5 heteroatoms. The second kappa shape index (κ2) is 5.19. The van der Waals surface area contributed by atoms with Gasteiger partial charge in [0.15, 0.2) is 5.56 Å². The fourth-order valence-electron chi connectivity index (χ4n) is 0.209. The van der Waals surface area contributed by atoms with Gasteiger partial charge in [-0.15, -0.1) is 0 Å². The molecule has 42 valence electrons. The van der Waals surface area contributed by atoms with E-state index < -0.39 is 5.56 Å². The van der Waals surface area contributed by atoms with E-state index in [-0.39, 0.29) is 51.4 Å². The molecule has 0 saturated carbocycles. The van der Waals surface area contributed by atoms with Crippen LogP contribution in [0.4, 0.5) is 0 Å². The predicted molar refractivity (Wildman–Crippen MR) is 29.2 cm³/mol. The van der Waals surface area contributed by atoms with Gasteiger partial charge in [0, 0.05) is 6.08 Å². The molecule has 0 amide bonds. The summed E-state index contributed by atoms with van der Waals surface area (Å²) >= 11 is 5.30. The minimum atomic E-state index is -0.520. The Kier molecular flexibility index (Phi) is 6.09. The SMILES string of the molecule is ClC1C=COOO1.[KH]. The standard InChI is InChI=1S/C3H3ClO3.K.H/c4-3-1-2-5-7-6-3;;/h1-3H;;. The summed E-state index contributed by atoms with van der Waals surface area (Å²) in [7, 11) is 0. The molecule has 0 saturated heterocycles. The Balaban J connectivity index is 0.000000490. The van der Waals surface area contributed by atoms with E-state index in [1.165, 1.54) is 12.3 Å². The molecule has 0 aromatic carbocycles. The molecule has 0 spiro atoms. The fourth-order valence-corrected chi connectivity index (χ4v) is 0.298. The second-order valence-electron chi connectivity index (χ2n) is 0.940. The zero-order valence-corrected chi connectivity index (χ0v) is 4.09. The fraction of sp³-hybridized carbons (Fsp3) is 0.333. The van der Waals surface area contributed by atoms with Gasteiger partial charge in [0.25, 0.3) is 0 Å². The molecule has 1 unspecified atom stereocenters. The molecule has 1 aliphatic rings. The normalized spacial score (nSPS) is 25.9. The quantitative estimate of drug-likeness (QED) is 0.292. The van der Waals surface area contributed by atoms with Gasteiger partial charge in [-0.2, -0.15) is 4.89 Å². The summed E-state index contributed by atoms with van der Waals surface area (Å²) in [5.74, 6) is 0. The molecule has 0 aliphatic carbocycles. The summed E-state index contributed by atoms with van der Waals surface area (Å²) in [6.45, 7) is 0. The van der Waals surface area contributed by atoms with Crippen molar-refractivity contribution in [1.29, 1.82) is 0 Å². The second-order valence-corrected chi connectivity index (χ2v) is 1.37. The molecule has 0 aromatic heterocycles. The monoisotopic (exact) mass is 162 g/mol. The van der Waals surface area contributed by atoms with Gasteiger partial charge in [-0.3, -0.25) is 0 Å². The summed E-state index contributed by atoms with van der Waals surface area (Å²) in [6.07, 6.45) is 2.81. The summed E-state index contributed by atoms with van der Waals surface area (Å²) in [4.78, 5) is 8.39. The van der Waals surface area contributed by atoms with Gasteiger partial charge in [-0.05, 0) is 5.04 Å². The zero-order chi connectivity index (χ0) is 5.11. The third-order valence-electron chi connectivity index (χ3n) is 0.456. The molecule has 0 bridgehead atoms. The molecular weight excluding hydrogens is 159 g/mol. The summed E-state index contributed by atoms with van der Waals surface area (Å²) in [5, 5.41) is 3.96. The van der Waals surface area contributed by atoms with E-state index in [9.17, 15) is 0 Å². The van der Waals surface area contributed by atoms with Crippen LogP contribution in [0.3, 0.4) is 0 Å². The molecular formula is C3H4ClKO3. The molecule has 1 rings (SSSR count). The van der Waals surface area contributed by atoms with Crippen LogP contribution in [0.25, 0.3) is 0 Å². The van der Waals surface area contributed by atoms with Crippen molar-refractivity contribution in [1.82, 2.24) is 0 Å². The van der Waals surface area contributed by atoms with Crippen molar-refractivity contribution in [2.45, 2.75) is 5.56 Å². The number of alkyl halides is 1. The zero-order valence-electron chi connectivity index (χ0n) is 3.33. The van der Waals surface area contributed by atoms with Crippen LogP contribution < -0.4 is 0 Å². The molecule has 3 nitrogen and oxygen atoms in total. The van der Waals surface area contributed by atoms with Crippen molar-refractivity contribution < 1.29 is 14.8 Å².